The standard InChI is InChI=1S/C19H15N3O3/c23-22(24)17-10-8-16(9-11-17)21-20-14-15-6-12-19(13-7-15)25-18-4-2-1-3-5-18/h1-14,21H/b20-14-. The minimum Gasteiger partial charge on any atom is -0.457 e. The minimum atomic E-state index is -0.438. The van der Waals surface area contributed by atoms with Crippen LogP contribution in [-0.2, 0) is 0 Å². The number of nitro groups is 1. The lowest BCUT2D eigenvalue weighted by molar-refractivity contribution is -0.384. The Balaban J connectivity index is 1.57. The second kappa shape index (κ2) is 7.74. The third-order valence-corrected chi connectivity index (χ3v) is 3.34. The fraction of sp³-hybridized carbons (Fsp3) is 0. The highest BCUT2D eigenvalue weighted by Gasteiger charge is 2.02. The zero-order valence-corrected chi connectivity index (χ0v) is 13.2. The molecule has 0 atom stereocenters. The first-order valence-corrected chi connectivity index (χ1v) is 7.57. The highest BCUT2D eigenvalue weighted by atomic mass is 16.6. The van der Waals surface area contributed by atoms with Gasteiger partial charge in [-0.3, -0.25) is 15.5 Å². The largest absolute Gasteiger partial charge is 0.457 e. The lowest BCUT2D eigenvalue weighted by Crippen LogP contribution is -1.92. The maximum atomic E-state index is 10.6. The Labute approximate surface area is 144 Å². The van der Waals surface area contributed by atoms with E-state index in [1.54, 1.807) is 18.3 Å². The summed E-state index contributed by atoms with van der Waals surface area (Å²) < 4.78 is 5.72. The van der Waals surface area contributed by atoms with Crippen LogP contribution in [0.5, 0.6) is 11.5 Å². The van der Waals surface area contributed by atoms with Crippen LogP contribution in [0.2, 0.25) is 0 Å². The van der Waals surface area contributed by atoms with E-state index >= 15 is 0 Å². The van der Waals surface area contributed by atoms with E-state index in [1.807, 2.05) is 54.6 Å². The van der Waals surface area contributed by atoms with Crippen molar-refractivity contribution in [2.24, 2.45) is 5.10 Å². The number of hydrazone groups is 1. The summed E-state index contributed by atoms with van der Waals surface area (Å²) in [5.41, 5.74) is 4.44. The second-order valence-electron chi connectivity index (χ2n) is 5.16. The number of para-hydroxylation sites is 1. The maximum Gasteiger partial charge on any atom is 0.269 e. The van der Waals surface area contributed by atoms with Gasteiger partial charge in [0.25, 0.3) is 5.69 Å². The van der Waals surface area contributed by atoms with E-state index in [0.717, 1.165) is 17.1 Å². The number of hydrogen-bond donors (Lipinski definition) is 1. The number of nitrogens with one attached hydrogen (secondary N) is 1. The summed E-state index contributed by atoms with van der Waals surface area (Å²) in [6, 6.07) is 23.1. The molecule has 0 fully saturated rings. The number of nitro benzene ring substituents is 1. The van der Waals surface area contributed by atoms with Gasteiger partial charge in [-0.1, -0.05) is 18.2 Å². The van der Waals surface area contributed by atoms with Gasteiger partial charge in [0.15, 0.2) is 0 Å². The predicted molar refractivity (Wildman–Crippen MR) is 97.3 cm³/mol. The normalized spacial score (nSPS) is 10.6. The molecule has 124 valence electrons. The van der Waals surface area contributed by atoms with Crippen LogP contribution < -0.4 is 10.2 Å². The highest BCUT2D eigenvalue weighted by molar-refractivity contribution is 5.80. The van der Waals surface area contributed by atoms with Gasteiger partial charge < -0.3 is 4.74 Å². The van der Waals surface area contributed by atoms with Crippen LogP contribution in [0.3, 0.4) is 0 Å². The molecule has 0 aliphatic heterocycles. The molecule has 3 aromatic carbocycles. The van der Waals surface area contributed by atoms with E-state index < -0.39 is 4.92 Å². The molecule has 25 heavy (non-hydrogen) atoms. The van der Waals surface area contributed by atoms with Crippen molar-refractivity contribution in [3.05, 3.63) is 94.5 Å². The minimum absolute atomic E-state index is 0.0449. The molecule has 0 amide bonds. The van der Waals surface area contributed by atoms with Gasteiger partial charge in [-0.2, -0.15) is 5.10 Å². The van der Waals surface area contributed by atoms with Crippen molar-refractivity contribution in [1.29, 1.82) is 0 Å². The van der Waals surface area contributed by atoms with E-state index in [0.29, 0.717) is 5.69 Å². The molecule has 3 aromatic rings. The summed E-state index contributed by atoms with van der Waals surface area (Å²) >= 11 is 0. The number of hydrogen-bond acceptors (Lipinski definition) is 5. The van der Waals surface area contributed by atoms with Gasteiger partial charge >= 0.3 is 0 Å². The van der Waals surface area contributed by atoms with Crippen molar-refractivity contribution in [2.75, 3.05) is 5.43 Å². The maximum absolute atomic E-state index is 10.6. The zero-order valence-electron chi connectivity index (χ0n) is 13.2. The fourth-order valence-corrected chi connectivity index (χ4v) is 2.09. The molecule has 0 saturated heterocycles. The molecular formula is C19H15N3O3. The molecule has 0 aliphatic rings. The van der Waals surface area contributed by atoms with Crippen LogP contribution in [0.4, 0.5) is 11.4 Å². The van der Waals surface area contributed by atoms with Crippen LogP contribution in [0.25, 0.3) is 0 Å². The van der Waals surface area contributed by atoms with E-state index in [2.05, 4.69) is 10.5 Å². The molecule has 0 unspecified atom stereocenters. The molecule has 1 N–H and O–H groups in total. The summed E-state index contributed by atoms with van der Waals surface area (Å²) in [6.07, 6.45) is 1.66. The Morgan fingerprint density at radius 3 is 2.16 bits per heavy atom. The van der Waals surface area contributed by atoms with E-state index in [9.17, 15) is 10.1 Å². The first kappa shape index (κ1) is 16.2. The Hall–Kier alpha value is -3.67. The Bertz CT molecular complexity index is 861. The Kier molecular flexibility index (Phi) is 5.01. The van der Waals surface area contributed by atoms with Crippen molar-refractivity contribution in [3.63, 3.8) is 0 Å². The molecule has 0 heterocycles. The van der Waals surface area contributed by atoms with Crippen molar-refractivity contribution < 1.29 is 9.66 Å². The summed E-state index contributed by atoms with van der Waals surface area (Å²) in [5.74, 6) is 1.52. The summed E-state index contributed by atoms with van der Waals surface area (Å²) in [5, 5.41) is 14.7. The first-order chi connectivity index (χ1) is 12.2. The molecule has 6 nitrogen and oxygen atoms in total. The molecule has 0 saturated carbocycles. The van der Waals surface area contributed by atoms with Crippen LogP contribution in [0, 0.1) is 10.1 Å². The number of ether oxygens (including phenoxy) is 1. The Morgan fingerprint density at radius 2 is 1.52 bits per heavy atom. The second-order valence-corrected chi connectivity index (χ2v) is 5.16. The van der Waals surface area contributed by atoms with Gasteiger partial charge in [0.05, 0.1) is 16.8 Å². The number of non-ortho nitro benzene ring substituents is 1. The van der Waals surface area contributed by atoms with Gasteiger partial charge in [-0.25, -0.2) is 0 Å². The molecule has 0 radical (unpaired) electrons. The number of benzene rings is 3. The first-order valence-electron chi connectivity index (χ1n) is 7.57. The van der Waals surface area contributed by atoms with Crippen LogP contribution in [0.15, 0.2) is 84.0 Å². The lowest BCUT2D eigenvalue weighted by atomic mass is 10.2. The van der Waals surface area contributed by atoms with Crippen LogP contribution in [0.1, 0.15) is 5.56 Å². The topological polar surface area (TPSA) is 76.8 Å². The molecule has 0 bridgehead atoms. The molecule has 0 aliphatic carbocycles. The molecule has 0 spiro atoms. The number of anilines is 1. The SMILES string of the molecule is O=[N+]([O-])c1ccc(N/N=C\c2ccc(Oc3ccccc3)cc2)cc1. The molecular weight excluding hydrogens is 318 g/mol. The Morgan fingerprint density at radius 1 is 0.880 bits per heavy atom. The average molecular weight is 333 g/mol. The quantitative estimate of drug-likeness (QED) is 0.398. The van der Waals surface area contributed by atoms with E-state index in [1.165, 1.54) is 12.1 Å². The lowest BCUT2D eigenvalue weighted by Gasteiger charge is -2.05. The van der Waals surface area contributed by atoms with Gasteiger partial charge in [-0.05, 0) is 54.1 Å². The summed E-state index contributed by atoms with van der Waals surface area (Å²) in [6.45, 7) is 0. The number of rotatable bonds is 6. The third-order valence-electron chi connectivity index (χ3n) is 3.34. The molecule has 0 aromatic heterocycles. The zero-order chi connectivity index (χ0) is 17.5. The monoisotopic (exact) mass is 333 g/mol. The number of nitrogens with zero attached hydrogens (tertiary/aromatic N) is 2. The third kappa shape index (κ3) is 4.65. The van der Waals surface area contributed by atoms with E-state index in [4.69, 9.17) is 4.74 Å². The smallest absolute Gasteiger partial charge is 0.269 e. The van der Waals surface area contributed by atoms with Crippen molar-refractivity contribution in [2.45, 2.75) is 0 Å². The van der Waals surface area contributed by atoms with Crippen molar-refractivity contribution in [1.82, 2.24) is 0 Å². The van der Waals surface area contributed by atoms with E-state index in [-0.39, 0.29) is 5.69 Å². The van der Waals surface area contributed by atoms with Gasteiger partial charge in [0.1, 0.15) is 11.5 Å². The van der Waals surface area contributed by atoms with Crippen molar-refractivity contribution in [3.8, 4) is 11.5 Å². The van der Waals surface area contributed by atoms with Crippen molar-refractivity contribution >= 4 is 17.6 Å². The fourth-order valence-electron chi connectivity index (χ4n) is 2.09. The molecule has 6 heteroatoms. The van der Waals surface area contributed by atoms with Gasteiger partial charge in [0, 0.05) is 12.1 Å². The summed E-state index contributed by atoms with van der Waals surface area (Å²) in [7, 11) is 0. The van der Waals surface area contributed by atoms with Gasteiger partial charge in [-0.15, -0.1) is 0 Å². The highest BCUT2D eigenvalue weighted by Crippen LogP contribution is 2.20. The summed E-state index contributed by atoms with van der Waals surface area (Å²) in [4.78, 5) is 10.2. The predicted octanol–water partition coefficient (Wildman–Crippen LogP) is 4.83. The van der Waals surface area contributed by atoms with Crippen LogP contribution in [-0.4, -0.2) is 11.1 Å². The van der Waals surface area contributed by atoms with Crippen LogP contribution >= 0.6 is 0 Å². The van der Waals surface area contributed by atoms with Gasteiger partial charge in [0.2, 0.25) is 0 Å². The molecule has 3 rings (SSSR count). The average Bonchev–Trinajstić information content (AvgIpc) is 2.64.